The van der Waals surface area contributed by atoms with Crippen molar-refractivity contribution < 1.29 is 41.9 Å². The zero-order chi connectivity index (χ0) is 31.5. The van der Waals surface area contributed by atoms with Gasteiger partial charge in [0.1, 0.15) is 11.8 Å². The van der Waals surface area contributed by atoms with Gasteiger partial charge < -0.3 is 19.9 Å². The highest BCUT2D eigenvalue weighted by molar-refractivity contribution is 7.48. The van der Waals surface area contributed by atoms with Gasteiger partial charge in [-0.3, -0.25) is 27.7 Å². The van der Waals surface area contributed by atoms with Crippen molar-refractivity contribution in [1.29, 1.82) is 0 Å². The molecule has 1 aromatic carbocycles. The average molecular weight is 651 g/mol. The second-order valence-electron chi connectivity index (χ2n) is 9.69. The lowest BCUT2D eigenvalue weighted by Gasteiger charge is -2.33. The molecule has 0 unspecified atom stereocenters. The van der Waals surface area contributed by atoms with Crippen LogP contribution in [0.4, 0.5) is 5.82 Å². The highest BCUT2D eigenvalue weighted by Gasteiger charge is 2.61. The molecule has 2 aliphatic heterocycles. The fraction of sp³-hybridized carbons (Fsp3) is 0.480. The minimum atomic E-state index is -4.33. The predicted molar refractivity (Wildman–Crippen MR) is 151 cm³/mol. The molecule has 2 aromatic heterocycles. The number of azide groups is 1. The number of nitrogen functional groups attached to an aromatic ring is 1. The molecule has 0 aliphatic carbocycles. The van der Waals surface area contributed by atoms with Crippen LogP contribution in [0.3, 0.4) is 0 Å². The van der Waals surface area contributed by atoms with Gasteiger partial charge in [-0.15, -0.1) is 0 Å². The van der Waals surface area contributed by atoms with E-state index >= 15 is 0 Å². The van der Waals surface area contributed by atoms with Gasteiger partial charge in [-0.05, 0) is 23.2 Å². The van der Waals surface area contributed by atoms with Crippen LogP contribution >= 0.6 is 19.4 Å². The average Bonchev–Trinajstić information content (AvgIpc) is 3.57. The number of nitrogens with zero attached hydrogens (tertiary/aromatic N) is 7. The third kappa shape index (κ3) is 6.35. The number of carbonyl (C=O) groups is 2. The van der Waals surface area contributed by atoms with Gasteiger partial charge in [-0.2, -0.15) is 0 Å². The summed E-state index contributed by atoms with van der Waals surface area (Å²) in [6.45, 7) is 2.29. The van der Waals surface area contributed by atoms with E-state index in [-0.39, 0.29) is 36.4 Å². The number of hydrogen-bond acceptors (Lipinski definition) is 14. The van der Waals surface area contributed by atoms with Crippen molar-refractivity contribution in [3.05, 3.63) is 57.9 Å². The van der Waals surface area contributed by atoms with E-state index in [1.807, 2.05) is 0 Å². The molecule has 2 fully saturated rings. The Bertz CT molecular complexity index is 1650. The molecule has 3 aromatic rings. The van der Waals surface area contributed by atoms with Crippen LogP contribution < -0.4 is 5.73 Å². The van der Waals surface area contributed by atoms with Crippen molar-refractivity contribution >= 4 is 48.3 Å². The summed E-state index contributed by atoms with van der Waals surface area (Å²) in [5.41, 5.74) is 14.4. The molecule has 19 heteroatoms. The number of hydrogen-bond donors (Lipinski definition) is 1. The molecule has 2 saturated heterocycles. The first-order valence-electron chi connectivity index (χ1n) is 13.5. The van der Waals surface area contributed by atoms with Crippen molar-refractivity contribution in [2.45, 2.75) is 63.4 Å². The van der Waals surface area contributed by atoms with Crippen molar-refractivity contribution in [2.75, 3.05) is 18.9 Å². The van der Waals surface area contributed by atoms with Crippen molar-refractivity contribution in [2.24, 2.45) is 5.11 Å². The number of halogens is 1. The van der Waals surface area contributed by atoms with Crippen molar-refractivity contribution in [1.82, 2.24) is 19.5 Å². The molecule has 0 radical (unpaired) electrons. The highest BCUT2D eigenvalue weighted by atomic mass is 35.5. The highest BCUT2D eigenvalue weighted by Crippen LogP contribution is 2.58. The number of aromatic nitrogens is 4. The maximum absolute atomic E-state index is 13.7. The monoisotopic (exact) mass is 650 g/mol. The number of phosphoric acid groups is 1. The quantitative estimate of drug-likeness (QED) is 0.105. The van der Waals surface area contributed by atoms with E-state index in [9.17, 15) is 19.7 Å². The largest absolute Gasteiger partial charge is 0.475 e. The molecule has 6 atom stereocenters. The first-order valence-corrected chi connectivity index (χ1v) is 15.3. The summed E-state index contributed by atoms with van der Waals surface area (Å²) in [5, 5.41) is 4.25. The van der Waals surface area contributed by atoms with Crippen molar-refractivity contribution in [3.63, 3.8) is 0 Å². The molecule has 2 aliphatic rings. The molecule has 0 bridgehead atoms. The van der Waals surface area contributed by atoms with Gasteiger partial charge in [0.05, 0.1) is 25.6 Å². The summed E-state index contributed by atoms with van der Waals surface area (Å²) in [5.74, 6) is -1.37. The van der Waals surface area contributed by atoms with Gasteiger partial charge in [-0.25, -0.2) is 19.5 Å². The molecule has 0 amide bonds. The number of carbonyl (C=O) groups excluding carboxylic acids is 2. The van der Waals surface area contributed by atoms with Gasteiger partial charge in [0.15, 0.2) is 29.9 Å². The van der Waals surface area contributed by atoms with E-state index < -0.39 is 56.6 Å². The van der Waals surface area contributed by atoms with E-state index in [0.29, 0.717) is 17.0 Å². The Balaban J connectivity index is 1.53. The Morgan fingerprint density at radius 2 is 2.02 bits per heavy atom. The zero-order valence-electron chi connectivity index (χ0n) is 23.5. The minimum Gasteiger partial charge on any atom is -0.455 e. The van der Waals surface area contributed by atoms with E-state index in [1.165, 1.54) is 24.1 Å². The predicted octanol–water partition coefficient (Wildman–Crippen LogP) is 4.54. The fourth-order valence-electron chi connectivity index (χ4n) is 4.75. The summed E-state index contributed by atoms with van der Waals surface area (Å²) in [6.07, 6.45) is -2.37. The Kier molecular flexibility index (Phi) is 9.37. The zero-order valence-corrected chi connectivity index (χ0v) is 25.2. The second-order valence-corrected chi connectivity index (χ2v) is 11.7. The van der Waals surface area contributed by atoms with E-state index in [4.69, 9.17) is 45.1 Å². The lowest BCUT2D eigenvalue weighted by atomic mass is 10.0. The summed E-state index contributed by atoms with van der Waals surface area (Å²) in [7, 11) is -4.33. The van der Waals surface area contributed by atoms with Crippen molar-refractivity contribution in [3.8, 4) is 0 Å². The molecule has 5 rings (SSSR count). The third-order valence-corrected chi connectivity index (χ3v) is 8.55. The number of nitrogens with two attached hydrogens (primary N) is 1. The van der Waals surface area contributed by atoms with Gasteiger partial charge >= 0.3 is 19.8 Å². The Labute approximate surface area is 255 Å². The standard InChI is InChI=1S/C25H28ClN8O9P/c1-3-17(35)40-20-21(41-18(36)4-2)25(32-33-28,42-24(20)34-13-31-19-22(27)29-12-30-23(19)34)11-39-44(37)38-9-8-16(43-44)14-6-5-7-15(26)10-14/h5-7,10,12-13,16,20-21,24H,3-4,8-9,11H2,1-2H3,(H2,27,29,30)/t16-,20+,21-,24+,25+,44+/m0/s1. The van der Waals surface area contributed by atoms with Crippen LogP contribution in [0.25, 0.3) is 21.6 Å². The molecule has 2 N–H and O–H groups in total. The Morgan fingerprint density at radius 3 is 2.75 bits per heavy atom. The Morgan fingerprint density at radius 1 is 1.25 bits per heavy atom. The van der Waals surface area contributed by atoms with E-state index in [0.717, 1.165) is 0 Å². The van der Waals surface area contributed by atoms with Crippen LogP contribution in [0, 0.1) is 0 Å². The number of fused-ring (bicyclic) bond motifs is 1. The third-order valence-electron chi connectivity index (χ3n) is 6.86. The van der Waals surface area contributed by atoms with Gasteiger partial charge in [0, 0.05) is 29.2 Å². The lowest BCUT2D eigenvalue weighted by molar-refractivity contribution is -0.173. The van der Waals surface area contributed by atoms with Gasteiger partial charge in [0.25, 0.3) is 0 Å². The molecule has 4 heterocycles. The molecule has 0 spiro atoms. The molecule has 17 nitrogen and oxygen atoms in total. The molecular weight excluding hydrogens is 623 g/mol. The smallest absolute Gasteiger partial charge is 0.455 e. The van der Waals surface area contributed by atoms with E-state index in [2.05, 4.69) is 25.0 Å². The first kappa shape index (κ1) is 31.6. The molecular formula is C25H28ClN8O9P. The number of ether oxygens (including phenoxy) is 3. The topological polar surface area (TPSA) is 225 Å². The van der Waals surface area contributed by atoms with Crippen LogP contribution in [0.2, 0.25) is 5.02 Å². The molecule has 44 heavy (non-hydrogen) atoms. The number of esters is 2. The molecule has 0 saturated carbocycles. The number of anilines is 1. The van der Waals surface area contributed by atoms with Crippen LogP contribution in [-0.2, 0) is 41.9 Å². The second kappa shape index (κ2) is 13.0. The fourth-order valence-corrected chi connectivity index (χ4v) is 6.35. The summed E-state index contributed by atoms with van der Waals surface area (Å²) in [6, 6.07) is 6.80. The van der Waals surface area contributed by atoms with Gasteiger partial charge in [-0.1, -0.05) is 42.7 Å². The van der Waals surface area contributed by atoms with Gasteiger partial charge in [0.2, 0.25) is 5.72 Å². The number of phosphoric ester groups is 1. The van der Waals surface area contributed by atoms with Crippen LogP contribution in [0.1, 0.15) is 51.0 Å². The van der Waals surface area contributed by atoms with Crippen LogP contribution in [0.5, 0.6) is 0 Å². The van der Waals surface area contributed by atoms with Crippen LogP contribution in [-0.4, -0.2) is 62.6 Å². The van der Waals surface area contributed by atoms with Crippen LogP contribution in [0.15, 0.2) is 42.0 Å². The summed E-state index contributed by atoms with van der Waals surface area (Å²) in [4.78, 5) is 40.5. The first-order chi connectivity index (χ1) is 21.1. The normalized spacial score (nSPS) is 28.3. The number of rotatable bonds is 10. The maximum atomic E-state index is 13.7. The lowest BCUT2D eigenvalue weighted by Crippen LogP contribution is -2.49. The molecule has 234 valence electrons. The summed E-state index contributed by atoms with van der Waals surface area (Å²) < 4.78 is 49.4. The minimum absolute atomic E-state index is 0.000399. The summed E-state index contributed by atoms with van der Waals surface area (Å²) >= 11 is 6.12. The number of imidazole rings is 1. The number of benzene rings is 1. The Hall–Kier alpha value is -3.82. The maximum Gasteiger partial charge on any atom is 0.475 e. The van der Waals surface area contributed by atoms with E-state index in [1.54, 1.807) is 31.2 Å². The SMILES string of the molecule is CCC(=O)O[C@H]1[C@H](n2cnc3c(N)ncnc32)O[C@@](CO[P@@]2(=O)OCC[C@@H](c3cccc(Cl)c3)O2)(N=[N+]=[N-])[C@H]1OC(=O)CC.